The third kappa shape index (κ3) is 6.66. The van der Waals surface area contributed by atoms with Crippen LogP contribution in [-0.2, 0) is 22.9 Å². The molecule has 6 nitrogen and oxygen atoms in total. The molecule has 1 aromatic rings. The van der Waals surface area contributed by atoms with E-state index in [-0.39, 0.29) is 6.04 Å². The lowest BCUT2D eigenvalue weighted by atomic mass is 9.89. The molecule has 25 heavy (non-hydrogen) atoms. The second-order valence-electron chi connectivity index (χ2n) is 6.53. The zero-order chi connectivity index (χ0) is 18.3. The number of benzene rings is 1. The average molecular weight is 367 g/mol. The molecule has 0 radical (unpaired) electrons. The van der Waals surface area contributed by atoms with Crippen LogP contribution in [0, 0.1) is 0 Å². The van der Waals surface area contributed by atoms with E-state index in [1.165, 1.54) is 42.4 Å². The summed E-state index contributed by atoms with van der Waals surface area (Å²) in [5, 5.41) is 6.61. The highest BCUT2D eigenvalue weighted by Gasteiger charge is 2.13. The fraction of sp³-hybridized carbons (Fsp3) is 0.611. The topological polar surface area (TPSA) is 82.6 Å². The fourth-order valence-corrected chi connectivity index (χ4v) is 3.49. The predicted molar refractivity (Wildman–Crippen MR) is 103 cm³/mol. The van der Waals surface area contributed by atoms with Gasteiger partial charge in [-0.25, -0.2) is 13.1 Å². The molecule has 1 unspecified atom stereocenters. The summed E-state index contributed by atoms with van der Waals surface area (Å²) in [5.41, 5.74) is 4.20. The van der Waals surface area contributed by atoms with E-state index in [1.54, 1.807) is 0 Å². The monoisotopic (exact) mass is 366 g/mol. The normalized spacial score (nSPS) is 16.2. The molecule has 7 heteroatoms. The van der Waals surface area contributed by atoms with Crippen LogP contribution >= 0.6 is 0 Å². The van der Waals surface area contributed by atoms with Crippen molar-refractivity contribution in [2.75, 3.05) is 25.9 Å². The van der Waals surface area contributed by atoms with Crippen molar-refractivity contribution in [1.82, 2.24) is 15.4 Å². The number of sulfonamides is 1. The van der Waals surface area contributed by atoms with Gasteiger partial charge in [0, 0.05) is 13.1 Å². The van der Waals surface area contributed by atoms with Gasteiger partial charge in [-0.1, -0.05) is 18.2 Å². The molecule has 0 aromatic heterocycles. The molecule has 0 heterocycles. The molecule has 0 aliphatic heterocycles. The zero-order valence-corrected chi connectivity index (χ0v) is 16.2. The summed E-state index contributed by atoms with van der Waals surface area (Å²) >= 11 is 0. The lowest BCUT2D eigenvalue weighted by molar-refractivity contribution is 0.588. The number of hydrogen-bond acceptors (Lipinski definition) is 3. The van der Waals surface area contributed by atoms with E-state index in [4.69, 9.17) is 0 Å². The number of hydrogen-bond donors (Lipinski definition) is 3. The van der Waals surface area contributed by atoms with Crippen molar-refractivity contribution in [3.8, 4) is 0 Å². The molecule has 0 spiro atoms. The number of aliphatic imine (C=N–C) groups is 1. The first-order valence-corrected chi connectivity index (χ1v) is 10.9. The molecule has 1 aromatic carbocycles. The summed E-state index contributed by atoms with van der Waals surface area (Å²) in [4.78, 5) is 4.44. The first kappa shape index (κ1) is 19.7. The molecular formula is C18H30N4O2S. The molecule has 0 fully saturated rings. The van der Waals surface area contributed by atoms with Crippen molar-refractivity contribution < 1.29 is 8.42 Å². The van der Waals surface area contributed by atoms with Crippen molar-refractivity contribution >= 4 is 16.0 Å². The molecule has 0 amide bonds. The van der Waals surface area contributed by atoms with Gasteiger partial charge in [0.25, 0.3) is 0 Å². The van der Waals surface area contributed by atoms with Crippen LogP contribution < -0.4 is 15.4 Å². The summed E-state index contributed by atoms with van der Waals surface area (Å²) in [7, 11) is -3.17. The van der Waals surface area contributed by atoms with Gasteiger partial charge in [0.1, 0.15) is 0 Å². The van der Waals surface area contributed by atoms with Gasteiger partial charge in [-0.05, 0) is 56.2 Å². The van der Waals surface area contributed by atoms with Crippen molar-refractivity contribution in [1.29, 1.82) is 0 Å². The van der Waals surface area contributed by atoms with Gasteiger partial charge < -0.3 is 10.6 Å². The molecule has 1 aliphatic carbocycles. The van der Waals surface area contributed by atoms with Crippen LogP contribution in [0.25, 0.3) is 0 Å². The van der Waals surface area contributed by atoms with E-state index in [0.29, 0.717) is 19.0 Å². The van der Waals surface area contributed by atoms with E-state index < -0.39 is 10.0 Å². The van der Waals surface area contributed by atoms with Gasteiger partial charge in [-0.2, -0.15) is 0 Å². The zero-order valence-electron chi connectivity index (χ0n) is 15.4. The number of nitrogens with one attached hydrogen (secondary N) is 3. The van der Waals surface area contributed by atoms with Crippen LogP contribution in [0.3, 0.4) is 0 Å². The fourth-order valence-electron chi connectivity index (χ4n) is 3.03. The third-order valence-electron chi connectivity index (χ3n) is 4.32. The van der Waals surface area contributed by atoms with Gasteiger partial charge >= 0.3 is 0 Å². The van der Waals surface area contributed by atoms with Crippen molar-refractivity contribution in [3.63, 3.8) is 0 Å². The maximum atomic E-state index is 11.1. The highest BCUT2D eigenvalue weighted by atomic mass is 32.2. The molecule has 3 N–H and O–H groups in total. The van der Waals surface area contributed by atoms with Crippen LogP contribution in [0.15, 0.2) is 23.2 Å². The summed E-state index contributed by atoms with van der Waals surface area (Å²) < 4.78 is 24.6. The molecular weight excluding hydrogens is 336 g/mol. The molecule has 0 saturated heterocycles. The summed E-state index contributed by atoms with van der Waals surface area (Å²) in [6.07, 6.45) is 6.07. The summed E-state index contributed by atoms with van der Waals surface area (Å²) in [5.74, 6) is 0.697. The smallest absolute Gasteiger partial charge is 0.208 e. The Bertz CT molecular complexity index is 701. The Labute approximate surface area is 151 Å². The second-order valence-corrected chi connectivity index (χ2v) is 8.36. The third-order valence-corrected chi connectivity index (χ3v) is 5.04. The minimum Gasteiger partial charge on any atom is -0.357 e. The number of aryl methyl sites for hydroxylation is 2. The quantitative estimate of drug-likeness (QED) is 0.390. The maximum absolute atomic E-state index is 11.1. The van der Waals surface area contributed by atoms with Crippen LogP contribution in [0.4, 0.5) is 0 Å². The minimum absolute atomic E-state index is 0.132. The Balaban J connectivity index is 1.98. The first-order chi connectivity index (χ1) is 11.9. The van der Waals surface area contributed by atoms with Crippen LogP contribution in [0.1, 0.15) is 49.4 Å². The molecule has 1 atom stereocenters. The first-order valence-electron chi connectivity index (χ1n) is 9.00. The van der Waals surface area contributed by atoms with E-state index in [2.05, 4.69) is 45.5 Å². The molecule has 1 aliphatic rings. The molecule has 140 valence electrons. The SMILES string of the molecule is CCNC(=NCCNS(C)(=O)=O)NC(C)c1ccc2c(c1)CCCC2. The van der Waals surface area contributed by atoms with Gasteiger partial charge in [0.15, 0.2) is 5.96 Å². The van der Waals surface area contributed by atoms with Crippen molar-refractivity contribution in [2.45, 2.75) is 45.6 Å². The Morgan fingerprint density at radius 1 is 1.24 bits per heavy atom. The van der Waals surface area contributed by atoms with E-state index >= 15 is 0 Å². The maximum Gasteiger partial charge on any atom is 0.208 e. The summed E-state index contributed by atoms with van der Waals surface area (Å²) in [6, 6.07) is 6.88. The Morgan fingerprint density at radius 3 is 2.64 bits per heavy atom. The highest BCUT2D eigenvalue weighted by Crippen LogP contribution is 2.24. The van der Waals surface area contributed by atoms with Gasteiger partial charge in [-0.15, -0.1) is 0 Å². The molecule has 2 rings (SSSR count). The Morgan fingerprint density at radius 2 is 1.96 bits per heavy atom. The van der Waals surface area contributed by atoms with E-state index in [1.807, 2.05) is 6.92 Å². The Kier molecular flexibility index (Phi) is 7.25. The van der Waals surface area contributed by atoms with Crippen molar-refractivity contribution in [2.24, 2.45) is 4.99 Å². The number of nitrogens with zero attached hydrogens (tertiary/aromatic N) is 1. The number of rotatable bonds is 7. The highest BCUT2D eigenvalue weighted by molar-refractivity contribution is 7.88. The van der Waals surface area contributed by atoms with Crippen LogP contribution in [0.2, 0.25) is 0 Å². The number of guanidine groups is 1. The second kappa shape index (κ2) is 9.20. The van der Waals surface area contributed by atoms with E-state index in [9.17, 15) is 8.42 Å². The van der Waals surface area contributed by atoms with Crippen LogP contribution in [-0.4, -0.2) is 40.3 Å². The van der Waals surface area contributed by atoms with Gasteiger partial charge in [0.05, 0.1) is 18.8 Å². The van der Waals surface area contributed by atoms with Gasteiger partial charge in [0.2, 0.25) is 10.0 Å². The number of fused-ring (bicyclic) bond motifs is 1. The van der Waals surface area contributed by atoms with E-state index in [0.717, 1.165) is 12.8 Å². The Hall–Kier alpha value is -1.60. The summed E-state index contributed by atoms with van der Waals surface area (Å²) in [6.45, 7) is 5.56. The standard InChI is InChI=1S/C18H30N4O2S/c1-4-19-18(20-11-12-21-25(3,23)24)22-14(2)16-10-9-15-7-5-6-8-17(15)13-16/h9-10,13-14,21H,4-8,11-12H2,1-3H3,(H2,19,20,22). The van der Waals surface area contributed by atoms with Crippen molar-refractivity contribution in [3.05, 3.63) is 34.9 Å². The lowest BCUT2D eigenvalue weighted by Crippen LogP contribution is -2.39. The van der Waals surface area contributed by atoms with Gasteiger partial charge in [-0.3, -0.25) is 4.99 Å². The molecule has 0 bridgehead atoms. The molecule has 0 saturated carbocycles. The predicted octanol–water partition coefficient (Wildman–Crippen LogP) is 1.73. The van der Waals surface area contributed by atoms with Crippen LogP contribution in [0.5, 0.6) is 0 Å². The minimum atomic E-state index is -3.17. The largest absolute Gasteiger partial charge is 0.357 e. The lowest BCUT2D eigenvalue weighted by Gasteiger charge is -2.21. The average Bonchev–Trinajstić information content (AvgIpc) is 2.57.